The van der Waals surface area contributed by atoms with Gasteiger partial charge in [0.1, 0.15) is 5.82 Å². The van der Waals surface area contributed by atoms with Gasteiger partial charge in [-0.05, 0) is 49.1 Å². The molecule has 1 aliphatic rings. The minimum absolute atomic E-state index is 0.0241. The van der Waals surface area contributed by atoms with Crippen LogP contribution >= 0.6 is 11.3 Å². The number of ether oxygens (including phenoxy) is 1. The van der Waals surface area contributed by atoms with E-state index in [2.05, 4.69) is 16.0 Å². The molecule has 2 aromatic heterocycles. The van der Waals surface area contributed by atoms with Crippen molar-refractivity contribution < 1.29 is 14.3 Å². The zero-order valence-electron chi connectivity index (χ0n) is 22.9. The Morgan fingerprint density at radius 2 is 1.93 bits per heavy atom. The van der Waals surface area contributed by atoms with Crippen LogP contribution in [0, 0.1) is 0 Å². The molecule has 1 aliphatic heterocycles. The molecule has 210 valence electrons. The Balaban J connectivity index is 1.16. The van der Waals surface area contributed by atoms with Gasteiger partial charge in [0.15, 0.2) is 0 Å². The number of hydrogen-bond donors (Lipinski definition) is 2. The highest BCUT2D eigenvalue weighted by Crippen LogP contribution is 2.30. The van der Waals surface area contributed by atoms with Gasteiger partial charge in [0, 0.05) is 63.2 Å². The van der Waals surface area contributed by atoms with Crippen molar-refractivity contribution in [2.24, 2.45) is 5.73 Å². The molecule has 40 heavy (non-hydrogen) atoms. The number of nitrogens with one attached hydrogen (secondary N) is 1. The average Bonchev–Trinajstić information content (AvgIpc) is 3.63. The monoisotopic (exact) mass is 559 g/mol. The van der Waals surface area contributed by atoms with E-state index in [4.69, 9.17) is 15.5 Å². The van der Waals surface area contributed by atoms with Crippen LogP contribution in [0.3, 0.4) is 0 Å². The third kappa shape index (κ3) is 6.60. The number of likely N-dealkylation sites (tertiary alicyclic amines) is 1. The SMILES string of the molecule is COCCCn1c([C@@H]2CCCN(C(=O)C[C@H](N)CNC(=O)c3ccc(-c4ccccc4)s3)C2)nc2ccccc21. The molecule has 9 heteroatoms. The summed E-state index contributed by atoms with van der Waals surface area (Å²) in [5, 5.41) is 2.91. The van der Waals surface area contributed by atoms with E-state index in [-0.39, 0.29) is 30.7 Å². The molecule has 4 aromatic rings. The molecule has 0 saturated carbocycles. The molecule has 8 nitrogen and oxygen atoms in total. The number of nitrogens with two attached hydrogens (primary N) is 1. The van der Waals surface area contributed by atoms with Crippen LogP contribution in [0.1, 0.15) is 47.1 Å². The first-order valence-electron chi connectivity index (χ1n) is 13.9. The summed E-state index contributed by atoms with van der Waals surface area (Å²) in [4.78, 5) is 34.5. The number of aryl methyl sites for hydroxylation is 1. The summed E-state index contributed by atoms with van der Waals surface area (Å²) >= 11 is 1.45. The highest BCUT2D eigenvalue weighted by Gasteiger charge is 2.29. The summed E-state index contributed by atoms with van der Waals surface area (Å²) < 4.78 is 7.57. The number of rotatable bonds is 11. The van der Waals surface area contributed by atoms with Crippen molar-refractivity contribution in [1.82, 2.24) is 19.8 Å². The number of fused-ring (bicyclic) bond motifs is 1. The van der Waals surface area contributed by atoms with Gasteiger partial charge in [-0.1, -0.05) is 42.5 Å². The molecule has 3 N–H and O–H groups in total. The Bertz CT molecular complexity index is 1430. The lowest BCUT2D eigenvalue weighted by Crippen LogP contribution is -2.44. The maximum atomic E-state index is 13.2. The van der Waals surface area contributed by atoms with Crippen LogP contribution in [0.2, 0.25) is 0 Å². The lowest BCUT2D eigenvalue weighted by Gasteiger charge is -2.33. The van der Waals surface area contributed by atoms with Crippen LogP contribution < -0.4 is 11.1 Å². The van der Waals surface area contributed by atoms with E-state index in [1.807, 2.05) is 65.6 Å². The number of benzene rings is 2. The van der Waals surface area contributed by atoms with Gasteiger partial charge in [-0.25, -0.2) is 4.98 Å². The van der Waals surface area contributed by atoms with Crippen LogP contribution in [-0.2, 0) is 16.1 Å². The predicted octanol–water partition coefficient (Wildman–Crippen LogP) is 4.65. The number of piperidine rings is 1. The van der Waals surface area contributed by atoms with Crippen molar-refractivity contribution in [2.45, 2.75) is 44.2 Å². The summed E-state index contributed by atoms with van der Waals surface area (Å²) in [5.74, 6) is 1.06. The number of thiophene rings is 1. The minimum Gasteiger partial charge on any atom is -0.385 e. The number of aromatic nitrogens is 2. The van der Waals surface area contributed by atoms with Gasteiger partial charge in [0.25, 0.3) is 5.91 Å². The molecule has 5 rings (SSSR count). The molecule has 0 radical (unpaired) electrons. The van der Waals surface area contributed by atoms with Crippen molar-refractivity contribution in [3.8, 4) is 10.4 Å². The largest absolute Gasteiger partial charge is 0.385 e. The summed E-state index contributed by atoms with van der Waals surface area (Å²) in [5.41, 5.74) is 9.49. The van der Waals surface area contributed by atoms with Crippen LogP contribution in [0.15, 0.2) is 66.7 Å². The molecule has 0 unspecified atom stereocenters. The van der Waals surface area contributed by atoms with Crippen molar-refractivity contribution in [3.05, 3.63) is 77.4 Å². The number of amides is 2. The molecule has 2 aromatic carbocycles. The third-order valence-electron chi connectivity index (χ3n) is 7.40. The number of carbonyl (C=O) groups excluding carboxylic acids is 2. The van der Waals surface area contributed by atoms with Crippen LogP contribution in [-0.4, -0.2) is 65.7 Å². The van der Waals surface area contributed by atoms with Crippen molar-refractivity contribution >= 4 is 34.2 Å². The molecular formula is C31H37N5O3S. The third-order valence-corrected chi connectivity index (χ3v) is 8.54. The number of imidazole rings is 1. The molecule has 3 heterocycles. The zero-order chi connectivity index (χ0) is 27.9. The highest BCUT2D eigenvalue weighted by molar-refractivity contribution is 7.17. The number of carbonyl (C=O) groups is 2. The van der Waals surface area contributed by atoms with E-state index in [0.29, 0.717) is 18.0 Å². The lowest BCUT2D eigenvalue weighted by molar-refractivity contribution is -0.132. The Morgan fingerprint density at radius 1 is 1.12 bits per heavy atom. The first kappa shape index (κ1) is 28.0. The van der Waals surface area contributed by atoms with Gasteiger partial charge in [-0.3, -0.25) is 9.59 Å². The van der Waals surface area contributed by atoms with E-state index in [1.165, 1.54) is 11.3 Å². The smallest absolute Gasteiger partial charge is 0.261 e. The second kappa shape index (κ2) is 13.2. The van der Waals surface area contributed by atoms with E-state index >= 15 is 0 Å². The molecule has 1 saturated heterocycles. The van der Waals surface area contributed by atoms with Crippen molar-refractivity contribution in [3.63, 3.8) is 0 Å². The maximum absolute atomic E-state index is 13.2. The van der Waals surface area contributed by atoms with Crippen LogP contribution in [0.5, 0.6) is 0 Å². The molecule has 0 bridgehead atoms. The van der Waals surface area contributed by atoms with Crippen LogP contribution in [0.4, 0.5) is 0 Å². The fourth-order valence-electron chi connectivity index (χ4n) is 5.38. The van der Waals surface area contributed by atoms with E-state index in [1.54, 1.807) is 7.11 Å². The Hall–Kier alpha value is -3.53. The number of nitrogens with zero attached hydrogens (tertiary/aromatic N) is 3. The molecular weight excluding hydrogens is 522 g/mol. The first-order valence-corrected chi connectivity index (χ1v) is 14.8. The molecule has 2 atom stereocenters. The second-order valence-corrected chi connectivity index (χ2v) is 11.4. The van der Waals surface area contributed by atoms with E-state index in [9.17, 15) is 9.59 Å². The summed E-state index contributed by atoms with van der Waals surface area (Å²) in [6.45, 7) is 3.11. The molecule has 0 aliphatic carbocycles. The van der Waals surface area contributed by atoms with Gasteiger partial charge in [-0.2, -0.15) is 0 Å². The Kier molecular flexibility index (Phi) is 9.26. The minimum atomic E-state index is -0.455. The van der Waals surface area contributed by atoms with Gasteiger partial charge in [-0.15, -0.1) is 11.3 Å². The number of para-hydroxylation sites is 2. The second-order valence-electron chi connectivity index (χ2n) is 10.3. The molecule has 2 amide bonds. The fourth-order valence-corrected chi connectivity index (χ4v) is 6.30. The predicted molar refractivity (Wildman–Crippen MR) is 159 cm³/mol. The number of hydrogen-bond acceptors (Lipinski definition) is 6. The Labute approximate surface area is 239 Å². The standard InChI is InChI=1S/C31H37N5O3S/c1-39-18-8-17-36-26-13-6-5-12-25(26)34-30(36)23-11-7-16-35(21-23)29(37)19-24(32)20-33-31(38)28-15-14-27(40-28)22-9-3-2-4-10-22/h2-6,9-10,12-15,23-24H,7-8,11,16-21,32H2,1H3,(H,33,38)/t23-,24+/m1/s1. The number of methoxy groups -OCH3 is 1. The van der Waals surface area contributed by atoms with Gasteiger partial charge in [0.2, 0.25) is 5.91 Å². The quantitative estimate of drug-likeness (QED) is 0.260. The summed E-state index contributed by atoms with van der Waals surface area (Å²) in [6.07, 6.45) is 3.01. The lowest BCUT2D eigenvalue weighted by atomic mass is 9.96. The van der Waals surface area contributed by atoms with Gasteiger partial charge >= 0.3 is 0 Å². The van der Waals surface area contributed by atoms with Crippen LogP contribution in [0.25, 0.3) is 21.5 Å². The Morgan fingerprint density at radius 3 is 2.75 bits per heavy atom. The highest BCUT2D eigenvalue weighted by atomic mass is 32.1. The first-order chi connectivity index (χ1) is 19.5. The summed E-state index contributed by atoms with van der Waals surface area (Å²) in [6, 6.07) is 21.5. The fraction of sp³-hybridized carbons (Fsp3) is 0.387. The normalized spacial score (nSPS) is 16.2. The summed E-state index contributed by atoms with van der Waals surface area (Å²) in [7, 11) is 1.72. The van der Waals surface area contributed by atoms with Gasteiger partial charge < -0.3 is 25.3 Å². The van der Waals surface area contributed by atoms with E-state index < -0.39 is 6.04 Å². The zero-order valence-corrected chi connectivity index (χ0v) is 23.7. The van der Waals surface area contributed by atoms with Gasteiger partial charge in [0.05, 0.1) is 15.9 Å². The van der Waals surface area contributed by atoms with Crippen molar-refractivity contribution in [1.29, 1.82) is 0 Å². The topological polar surface area (TPSA) is 102 Å². The van der Waals surface area contributed by atoms with Crippen molar-refractivity contribution in [2.75, 3.05) is 33.4 Å². The average molecular weight is 560 g/mol. The molecule has 1 fully saturated rings. The maximum Gasteiger partial charge on any atom is 0.261 e. The van der Waals surface area contributed by atoms with E-state index in [0.717, 1.165) is 59.7 Å². The molecule has 0 spiro atoms.